The van der Waals surface area contributed by atoms with Crippen LogP contribution in [0.1, 0.15) is 60.9 Å². The maximum atomic E-state index is 14.1. The predicted octanol–water partition coefficient (Wildman–Crippen LogP) is 7.17. The van der Waals surface area contributed by atoms with Crippen LogP contribution in [0.2, 0.25) is 0 Å². The number of ether oxygens (including phenoxy) is 1. The fraction of sp³-hybridized carbons (Fsp3) is 0.258. The SMILES string of the molecule is CC(NC1CCC(c2ccc(OC(C(=O)O)c3ccccc3F)cc2)C1)c1cccc2ccccc12. The van der Waals surface area contributed by atoms with Crippen molar-refractivity contribution in [1.29, 1.82) is 0 Å². The van der Waals surface area contributed by atoms with Gasteiger partial charge < -0.3 is 15.2 Å². The number of carbonyl (C=O) groups is 1. The molecule has 36 heavy (non-hydrogen) atoms. The van der Waals surface area contributed by atoms with Gasteiger partial charge in [-0.25, -0.2) is 9.18 Å². The third-order valence-electron chi connectivity index (χ3n) is 7.23. The molecule has 1 aliphatic rings. The zero-order valence-corrected chi connectivity index (χ0v) is 20.2. The van der Waals surface area contributed by atoms with Crippen molar-refractivity contribution in [3.63, 3.8) is 0 Å². The number of benzene rings is 4. The Hall–Kier alpha value is -3.70. The number of carboxylic acids is 1. The summed E-state index contributed by atoms with van der Waals surface area (Å²) in [4.78, 5) is 11.7. The van der Waals surface area contributed by atoms with Crippen LogP contribution in [0.4, 0.5) is 4.39 Å². The lowest BCUT2D eigenvalue weighted by molar-refractivity contribution is -0.145. The van der Waals surface area contributed by atoms with Gasteiger partial charge in [-0.05, 0) is 72.2 Å². The number of carboxylic acid groups (broad SMARTS) is 1. The third-order valence-corrected chi connectivity index (χ3v) is 7.23. The first-order valence-electron chi connectivity index (χ1n) is 12.5. The fourth-order valence-corrected chi connectivity index (χ4v) is 5.40. The molecule has 1 fully saturated rings. The van der Waals surface area contributed by atoms with Gasteiger partial charge in [-0.2, -0.15) is 0 Å². The van der Waals surface area contributed by atoms with Gasteiger partial charge in [0.05, 0.1) is 0 Å². The highest BCUT2D eigenvalue weighted by molar-refractivity contribution is 5.86. The summed E-state index contributed by atoms with van der Waals surface area (Å²) in [6, 6.07) is 29.0. The van der Waals surface area contributed by atoms with Gasteiger partial charge >= 0.3 is 5.97 Å². The zero-order valence-electron chi connectivity index (χ0n) is 20.2. The van der Waals surface area contributed by atoms with Crippen molar-refractivity contribution in [3.05, 3.63) is 114 Å². The van der Waals surface area contributed by atoms with Crippen molar-refractivity contribution in [2.75, 3.05) is 0 Å². The molecule has 4 aromatic carbocycles. The van der Waals surface area contributed by atoms with Crippen molar-refractivity contribution >= 4 is 16.7 Å². The first kappa shape index (κ1) is 24.0. The van der Waals surface area contributed by atoms with Crippen molar-refractivity contribution in [1.82, 2.24) is 5.32 Å². The molecular weight excluding hydrogens is 453 g/mol. The van der Waals surface area contributed by atoms with Crippen molar-refractivity contribution in [2.45, 2.75) is 50.3 Å². The van der Waals surface area contributed by atoms with E-state index in [1.165, 1.54) is 40.1 Å². The fourth-order valence-electron chi connectivity index (χ4n) is 5.40. The van der Waals surface area contributed by atoms with E-state index in [9.17, 15) is 14.3 Å². The largest absolute Gasteiger partial charge is 0.478 e. The maximum absolute atomic E-state index is 14.1. The molecule has 0 radical (unpaired) electrons. The van der Waals surface area contributed by atoms with Gasteiger partial charge in [-0.1, -0.05) is 72.8 Å². The number of fused-ring (bicyclic) bond motifs is 1. The smallest absolute Gasteiger partial charge is 0.349 e. The van der Waals surface area contributed by atoms with Gasteiger partial charge in [0, 0.05) is 17.6 Å². The summed E-state index contributed by atoms with van der Waals surface area (Å²) in [6.45, 7) is 2.23. The molecule has 4 unspecified atom stereocenters. The topological polar surface area (TPSA) is 58.6 Å². The average Bonchev–Trinajstić information content (AvgIpc) is 3.36. The number of hydrogen-bond acceptors (Lipinski definition) is 3. The molecule has 0 aromatic heterocycles. The van der Waals surface area contributed by atoms with Crippen LogP contribution in [0.3, 0.4) is 0 Å². The van der Waals surface area contributed by atoms with Crippen LogP contribution in [-0.4, -0.2) is 17.1 Å². The predicted molar refractivity (Wildman–Crippen MR) is 140 cm³/mol. The lowest BCUT2D eigenvalue weighted by Gasteiger charge is -2.22. The molecule has 4 aromatic rings. The Morgan fingerprint density at radius 2 is 1.61 bits per heavy atom. The van der Waals surface area contributed by atoms with Gasteiger partial charge in [0.2, 0.25) is 6.10 Å². The second kappa shape index (κ2) is 10.5. The first-order chi connectivity index (χ1) is 17.5. The highest BCUT2D eigenvalue weighted by Gasteiger charge is 2.28. The molecule has 0 saturated heterocycles. The van der Waals surface area contributed by atoms with Crippen LogP contribution < -0.4 is 10.1 Å². The summed E-state index contributed by atoms with van der Waals surface area (Å²) in [5.41, 5.74) is 2.54. The molecule has 0 aliphatic heterocycles. The van der Waals surface area contributed by atoms with Crippen molar-refractivity contribution in [2.24, 2.45) is 0 Å². The molecule has 184 valence electrons. The quantitative estimate of drug-likeness (QED) is 0.279. The Kier molecular flexibility index (Phi) is 7.01. The molecule has 2 N–H and O–H groups in total. The van der Waals surface area contributed by atoms with Crippen LogP contribution in [0.5, 0.6) is 5.75 Å². The Labute approximate surface area is 210 Å². The van der Waals surface area contributed by atoms with E-state index in [4.69, 9.17) is 4.74 Å². The van der Waals surface area contributed by atoms with E-state index >= 15 is 0 Å². The number of hydrogen-bond donors (Lipinski definition) is 2. The standard InChI is InChI=1S/C31H30FNO3/c1-20(26-11-6-8-22-7-2-3-9-27(22)26)33-24-16-13-23(19-24)21-14-17-25(18-15-21)36-30(31(34)35)28-10-4-5-12-29(28)32/h2-12,14-15,17-18,20,23-24,30,33H,13,16,19H2,1H3,(H,34,35). The average molecular weight is 484 g/mol. The number of nitrogens with one attached hydrogen (secondary N) is 1. The summed E-state index contributed by atoms with van der Waals surface area (Å²) < 4.78 is 19.8. The summed E-state index contributed by atoms with van der Waals surface area (Å²) in [6.07, 6.45) is 1.84. The molecule has 0 amide bonds. The third kappa shape index (κ3) is 5.12. The van der Waals surface area contributed by atoms with Crippen molar-refractivity contribution in [3.8, 4) is 5.75 Å². The molecule has 0 heterocycles. The zero-order chi connectivity index (χ0) is 25.1. The van der Waals surface area contributed by atoms with Gasteiger partial charge in [0.1, 0.15) is 11.6 Å². The lowest BCUT2D eigenvalue weighted by Crippen LogP contribution is -2.29. The molecule has 1 saturated carbocycles. The monoisotopic (exact) mass is 483 g/mol. The Morgan fingerprint density at radius 1 is 0.917 bits per heavy atom. The summed E-state index contributed by atoms with van der Waals surface area (Å²) in [5.74, 6) is -0.984. The molecule has 0 spiro atoms. The van der Waals surface area contributed by atoms with E-state index in [2.05, 4.69) is 54.7 Å². The first-order valence-corrected chi connectivity index (χ1v) is 12.5. The van der Waals surface area contributed by atoms with Crippen LogP contribution in [-0.2, 0) is 4.79 Å². The van der Waals surface area contributed by atoms with E-state index in [-0.39, 0.29) is 11.6 Å². The molecule has 0 bridgehead atoms. The second-order valence-electron chi connectivity index (χ2n) is 9.59. The second-order valence-corrected chi connectivity index (χ2v) is 9.59. The Balaban J connectivity index is 1.22. The summed E-state index contributed by atoms with van der Waals surface area (Å²) in [7, 11) is 0. The molecular formula is C31H30FNO3. The van der Waals surface area contributed by atoms with Gasteiger partial charge in [0.15, 0.2) is 0 Å². The van der Waals surface area contributed by atoms with Gasteiger partial charge in [-0.3, -0.25) is 0 Å². The molecule has 5 rings (SSSR count). The molecule has 4 nitrogen and oxygen atoms in total. The minimum atomic E-state index is -1.40. The summed E-state index contributed by atoms with van der Waals surface area (Å²) >= 11 is 0. The summed E-state index contributed by atoms with van der Waals surface area (Å²) in [5, 5.41) is 16.0. The normalized spacial score (nSPS) is 19.2. The Bertz CT molecular complexity index is 1350. The van der Waals surface area contributed by atoms with Crippen molar-refractivity contribution < 1.29 is 19.0 Å². The van der Waals surface area contributed by atoms with Gasteiger partial charge in [-0.15, -0.1) is 0 Å². The molecule has 1 aliphatic carbocycles. The maximum Gasteiger partial charge on any atom is 0.349 e. The van der Waals surface area contributed by atoms with Crippen LogP contribution >= 0.6 is 0 Å². The van der Waals surface area contributed by atoms with E-state index in [1.54, 1.807) is 18.2 Å². The van der Waals surface area contributed by atoms with Crippen LogP contribution in [0.15, 0.2) is 91.0 Å². The van der Waals surface area contributed by atoms with E-state index in [1.807, 2.05) is 12.1 Å². The number of rotatable bonds is 8. The minimum absolute atomic E-state index is 0.0131. The van der Waals surface area contributed by atoms with Gasteiger partial charge in [0.25, 0.3) is 0 Å². The number of halogens is 1. The molecule has 5 heteroatoms. The minimum Gasteiger partial charge on any atom is -0.478 e. The van der Waals surface area contributed by atoms with Crippen LogP contribution in [0, 0.1) is 5.82 Å². The van der Waals surface area contributed by atoms with Crippen LogP contribution in [0.25, 0.3) is 10.8 Å². The van der Waals surface area contributed by atoms with E-state index < -0.39 is 17.9 Å². The lowest BCUT2D eigenvalue weighted by atomic mass is 9.96. The highest BCUT2D eigenvalue weighted by Crippen LogP contribution is 2.37. The van der Waals surface area contributed by atoms with E-state index in [0.717, 1.165) is 19.3 Å². The Morgan fingerprint density at radius 3 is 2.39 bits per heavy atom. The molecule has 4 atom stereocenters. The van der Waals surface area contributed by atoms with E-state index in [0.29, 0.717) is 17.7 Å². The number of aliphatic carboxylic acids is 1. The highest BCUT2D eigenvalue weighted by atomic mass is 19.1.